The summed E-state index contributed by atoms with van der Waals surface area (Å²) in [5, 5.41) is 10.0. The summed E-state index contributed by atoms with van der Waals surface area (Å²) >= 11 is 1.45. The number of nitrogens with zero attached hydrogens (tertiary/aromatic N) is 3. The molecule has 0 spiro atoms. The second kappa shape index (κ2) is 7.47. The van der Waals surface area contributed by atoms with Crippen molar-refractivity contribution >= 4 is 21.4 Å². The molecule has 27 heavy (non-hydrogen) atoms. The summed E-state index contributed by atoms with van der Waals surface area (Å²) in [4.78, 5) is 0.318. The third kappa shape index (κ3) is 3.66. The third-order valence-electron chi connectivity index (χ3n) is 4.47. The second-order valence-corrected chi connectivity index (χ2v) is 9.16. The number of rotatable bonds is 4. The highest BCUT2D eigenvalue weighted by atomic mass is 32.2. The highest BCUT2D eigenvalue weighted by Gasteiger charge is 2.28. The van der Waals surface area contributed by atoms with Gasteiger partial charge in [0.25, 0.3) is 0 Å². The molecule has 1 aliphatic heterocycles. The number of morpholine rings is 1. The fourth-order valence-electron chi connectivity index (χ4n) is 2.97. The van der Waals surface area contributed by atoms with Crippen LogP contribution in [-0.4, -0.2) is 49.2 Å². The number of hydrogen-bond donors (Lipinski definition) is 0. The molecule has 0 atom stereocenters. The number of sulfonamides is 1. The van der Waals surface area contributed by atoms with Gasteiger partial charge in [0.15, 0.2) is 0 Å². The van der Waals surface area contributed by atoms with Gasteiger partial charge in [-0.2, -0.15) is 4.31 Å². The Morgan fingerprint density at radius 2 is 1.63 bits per heavy atom. The Kier molecular flexibility index (Phi) is 5.05. The topological polar surface area (TPSA) is 72.4 Å². The van der Waals surface area contributed by atoms with Crippen LogP contribution in [0.1, 0.15) is 5.56 Å². The molecule has 1 saturated heterocycles. The number of ether oxygens (including phenoxy) is 1. The maximum atomic E-state index is 13.1. The lowest BCUT2D eigenvalue weighted by molar-refractivity contribution is 0.0730. The molecule has 6 nitrogen and oxygen atoms in total. The van der Waals surface area contributed by atoms with E-state index in [0.717, 1.165) is 21.7 Å². The molecule has 2 aromatic carbocycles. The van der Waals surface area contributed by atoms with Crippen molar-refractivity contribution in [1.29, 1.82) is 0 Å². The quantitative estimate of drug-likeness (QED) is 0.671. The van der Waals surface area contributed by atoms with Crippen LogP contribution in [0.2, 0.25) is 0 Å². The number of aryl methyl sites for hydroxylation is 1. The summed E-state index contributed by atoms with van der Waals surface area (Å²) in [6.45, 7) is 3.42. The monoisotopic (exact) mass is 401 g/mol. The van der Waals surface area contributed by atoms with Crippen LogP contribution in [-0.2, 0) is 14.8 Å². The lowest BCUT2D eigenvalue weighted by Crippen LogP contribution is -2.40. The fourth-order valence-corrected chi connectivity index (χ4v) is 5.48. The van der Waals surface area contributed by atoms with Gasteiger partial charge in [-0.3, -0.25) is 0 Å². The van der Waals surface area contributed by atoms with E-state index in [1.165, 1.54) is 15.6 Å². The van der Waals surface area contributed by atoms with Crippen LogP contribution < -0.4 is 0 Å². The number of benzene rings is 2. The van der Waals surface area contributed by atoms with Gasteiger partial charge >= 0.3 is 0 Å². The minimum absolute atomic E-state index is 0.318. The molecule has 0 unspecified atom stereocenters. The average Bonchev–Trinajstić information content (AvgIpc) is 3.20. The molecule has 1 fully saturated rings. The van der Waals surface area contributed by atoms with Gasteiger partial charge in [0.1, 0.15) is 10.0 Å². The standard InChI is InChI=1S/C19H19N3O3S2/c1-14-7-8-16(13-17(14)27(23,24)22-9-11-25-12-10-22)19-21-20-18(26-19)15-5-3-2-4-6-15/h2-8,13H,9-12H2,1H3. The molecule has 2 heterocycles. The van der Waals surface area contributed by atoms with Gasteiger partial charge in [-0.25, -0.2) is 8.42 Å². The lowest BCUT2D eigenvalue weighted by atomic mass is 10.1. The van der Waals surface area contributed by atoms with Crippen molar-refractivity contribution in [2.75, 3.05) is 26.3 Å². The zero-order chi connectivity index (χ0) is 18.9. The Morgan fingerprint density at radius 3 is 2.33 bits per heavy atom. The van der Waals surface area contributed by atoms with Gasteiger partial charge in [0.05, 0.1) is 18.1 Å². The maximum absolute atomic E-state index is 13.1. The van der Waals surface area contributed by atoms with Crippen molar-refractivity contribution < 1.29 is 13.2 Å². The number of aromatic nitrogens is 2. The molecule has 0 saturated carbocycles. The Labute approximate surface area is 162 Å². The van der Waals surface area contributed by atoms with E-state index in [1.54, 1.807) is 6.07 Å². The van der Waals surface area contributed by atoms with E-state index in [0.29, 0.717) is 36.2 Å². The summed E-state index contributed by atoms with van der Waals surface area (Å²) in [5.41, 5.74) is 2.47. The van der Waals surface area contributed by atoms with Gasteiger partial charge in [-0.1, -0.05) is 53.8 Å². The summed E-state index contributed by atoms with van der Waals surface area (Å²) in [6, 6.07) is 15.2. The van der Waals surface area contributed by atoms with Crippen LogP contribution in [0.5, 0.6) is 0 Å². The SMILES string of the molecule is Cc1ccc(-c2nnc(-c3ccccc3)s2)cc1S(=O)(=O)N1CCOCC1. The zero-order valence-electron chi connectivity index (χ0n) is 14.8. The zero-order valence-corrected chi connectivity index (χ0v) is 16.5. The van der Waals surface area contributed by atoms with Crippen molar-refractivity contribution in [2.45, 2.75) is 11.8 Å². The van der Waals surface area contributed by atoms with Crippen molar-refractivity contribution in [3.63, 3.8) is 0 Å². The molecule has 0 radical (unpaired) electrons. The van der Waals surface area contributed by atoms with Crippen molar-refractivity contribution in [2.24, 2.45) is 0 Å². The van der Waals surface area contributed by atoms with Crippen LogP contribution in [0.3, 0.4) is 0 Å². The molecular weight excluding hydrogens is 382 g/mol. The van der Waals surface area contributed by atoms with Crippen LogP contribution in [0, 0.1) is 6.92 Å². The van der Waals surface area contributed by atoms with E-state index >= 15 is 0 Å². The van der Waals surface area contributed by atoms with Gasteiger partial charge < -0.3 is 4.74 Å². The van der Waals surface area contributed by atoms with Crippen LogP contribution in [0.15, 0.2) is 53.4 Å². The Bertz CT molecular complexity index is 1040. The molecule has 1 aliphatic rings. The molecule has 140 valence electrons. The van der Waals surface area contributed by atoms with Crippen molar-refractivity contribution in [3.8, 4) is 21.1 Å². The predicted molar refractivity (Wildman–Crippen MR) is 105 cm³/mol. The predicted octanol–water partition coefficient (Wildman–Crippen LogP) is 3.20. The lowest BCUT2D eigenvalue weighted by Gasteiger charge is -2.26. The van der Waals surface area contributed by atoms with E-state index < -0.39 is 10.0 Å². The largest absolute Gasteiger partial charge is 0.379 e. The summed E-state index contributed by atoms with van der Waals surface area (Å²) in [7, 11) is -3.56. The molecular formula is C19H19N3O3S2. The highest BCUT2D eigenvalue weighted by molar-refractivity contribution is 7.89. The van der Waals surface area contributed by atoms with Crippen LogP contribution in [0.25, 0.3) is 21.1 Å². The minimum atomic E-state index is -3.56. The minimum Gasteiger partial charge on any atom is -0.379 e. The van der Waals surface area contributed by atoms with E-state index in [-0.39, 0.29) is 0 Å². The summed E-state index contributed by atoms with van der Waals surface area (Å²) in [6.07, 6.45) is 0. The van der Waals surface area contributed by atoms with Gasteiger partial charge in [0, 0.05) is 24.2 Å². The Hall–Kier alpha value is -2.13. The van der Waals surface area contributed by atoms with Crippen molar-refractivity contribution in [3.05, 3.63) is 54.1 Å². The van der Waals surface area contributed by atoms with Crippen LogP contribution >= 0.6 is 11.3 Å². The second-order valence-electron chi connectivity index (χ2n) is 6.28. The molecule has 0 bridgehead atoms. The maximum Gasteiger partial charge on any atom is 0.243 e. The van der Waals surface area contributed by atoms with Gasteiger partial charge in [-0.15, -0.1) is 10.2 Å². The number of hydrogen-bond acceptors (Lipinski definition) is 6. The molecule has 0 aliphatic carbocycles. The first-order valence-electron chi connectivity index (χ1n) is 8.63. The Morgan fingerprint density at radius 1 is 0.963 bits per heavy atom. The van der Waals surface area contributed by atoms with Gasteiger partial charge in [-0.05, 0) is 18.6 Å². The first kappa shape index (κ1) is 18.2. The van der Waals surface area contributed by atoms with E-state index in [4.69, 9.17) is 4.74 Å². The molecule has 3 aromatic rings. The molecule has 0 amide bonds. The molecule has 4 rings (SSSR count). The van der Waals surface area contributed by atoms with E-state index in [9.17, 15) is 8.42 Å². The first-order valence-corrected chi connectivity index (χ1v) is 10.9. The third-order valence-corrected chi connectivity index (χ3v) is 7.53. The fraction of sp³-hybridized carbons (Fsp3) is 0.263. The Balaban J connectivity index is 1.70. The molecule has 1 aromatic heterocycles. The molecule has 0 N–H and O–H groups in total. The van der Waals surface area contributed by atoms with E-state index in [1.807, 2.05) is 49.4 Å². The smallest absolute Gasteiger partial charge is 0.243 e. The average molecular weight is 402 g/mol. The van der Waals surface area contributed by atoms with E-state index in [2.05, 4.69) is 10.2 Å². The van der Waals surface area contributed by atoms with Gasteiger partial charge in [0.2, 0.25) is 10.0 Å². The summed E-state index contributed by atoms with van der Waals surface area (Å²) in [5.74, 6) is 0. The summed E-state index contributed by atoms with van der Waals surface area (Å²) < 4.78 is 32.9. The first-order chi connectivity index (χ1) is 13.1. The van der Waals surface area contributed by atoms with Crippen LogP contribution in [0.4, 0.5) is 0 Å². The molecule has 8 heteroatoms. The normalized spacial score (nSPS) is 15.7. The van der Waals surface area contributed by atoms with Crippen molar-refractivity contribution in [1.82, 2.24) is 14.5 Å². The highest BCUT2D eigenvalue weighted by Crippen LogP contribution is 2.32.